The number of likely N-dealkylation sites (N-methyl/N-ethyl adjacent to an activating group) is 1. The lowest BCUT2D eigenvalue weighted by molar-refractivity contribution is 0.198. The van der Waals surface area contributed by atoms with Crippen molar-refractivity contribution in [3.63, 3.8) is 0 Å². The molecule has 1 aliphatic heterocycles. The average Bonchev–Trinajstić information content (AvgIpc) is 2.55. The van der Waals surface area contributed by atoms with Crippen molar-refractivity contribution in [2.75, 3.05) is 20.1 Å². The second-order valence-electron chi connectivity index (χ2n) is 6.35. The number of hydrogen-bond donors (Lipinski definition) is 1. The summed E-state index contributed by atoms with van der Waals surface area (Å²) in [6.07, 6.45) is 6.90. The standard InChI is InChI=1S/C13H26N2/c1-13(2)7-4-11(5-8-13)14-12-6-9-15(3)10-12/h11-12,14H,4-10H2,1-3H3. The maximum absolute atomic E-state index is 3.84. The monoisotopic (exact) mass is 210 g/mol. The summed E-state index contributed by atoms with van der Waals surface area (Å²) in [6, 6.07) is 1.57. The smallest absolute Gasteiger partial charge is 0.0209 e. The van der Waals surface area contributed by atoms with Gasteiger partial charge in [-0.15, -0.1) is 0 Å². The average molecular weight is 210 g/mol. The molecule has 2 nitrogen and oxygen atoms in total. The molecule has 1 saturated heterocycles. The first-order valence-electron chi connectivity index (χ1n) is 6.50. The zero-order valence-electron chi connectivity index (χ0n) is 10.6. The van der Waals surface area contributed by atoms with E-state index in [1.54, 1.807) is 0 Å². The van der Waals surface area contributed by atoms with Gasteiger partial charge in [0.2, 0.25) is 0 Å². The lowest BCUT2D eigenvalue weighted by atomic mass is 9.75. The quantitative estimate of drug-likeness (QED) is 0.752. The predicted octanol–water partition coefficient (Wildman–Crippen LogP) is 2.25. The highest BCUT2D eigenvalue weighted by Crippen LogP contribution is 2.35. The van der Waals surface area contributed by atoms with Gasteiger partial charge in [-0.05, 0) is 51.1 Å². The third-order valence-electron chi connectivity index (χ3n) is 4.20. The highest BCUT2D eigenvalue weighted by Gasteiger charge is 2.29. The number of rotatable bonds is 2. The largest absolute Gasteiger partial charge is 0.310 e. The molecule has 0 aromatic rings. The summed E-state index contributed by atoms with van der Waals surface area (Å²) in [5.74, 6) is 0. The molecule has 1 N–H and O–H groups in total. The molecular formula is C13H26N2. The van der Waals surface area contributed by atoms with E-state index in [9.17, 15) is 0 Å². The van der Waals surface area contributed by atoms with E-state index in [0.717, 1.165) is 12.1 Å². The van der Waals surface area contributed by atoms with Gasteiger partial charge in [0, 0.05) is 18.6 Å². The number of hydrogen-bond acceptors (Lipinski definition) is 2. The Hall–Kier alpha value is -0.0800. The van der Waals surface area contributed by atoms with Gasteiger partial charge in [-0.1, -0.05) is 13.8 Å². The molecular weight excluding hydrogens is 184 g/mol. The summed E-state index contributed by atoms with van der Waals surface area (Å²) in [5, 5.41) is 3.84. The van der Waals surface area contributed by atoms with E-state index < -0.39 is 0 Å². The first-order valence-corrected chi connectivity index (χ1v) is 6.50. The molecule has 1 unspecified atom stereocenters. The first kappa shape index (κ1) is 11.4. The Labute approximate surface area is 94.4 Å². The van der Waals surface area contributed by atoms with Gasteiger partial charge in [0.1, 0.15) is 0 Å². The Morgan fingerprint density at radius 3 is 2.27 bits per heavy atom. The Morgan fingerprint density at radius 1 is 1.07 bits per heavy atom. The Bertz CT molecular complexity index is 203. The molecule has 2 aliphatic rings. The number of nitrogens with one attached hydrogen (secondary N) is 1. The molecule has 2 fully saturated rings. The normalized spacial score (nSPS) is 33.4. The van der Waals surface area contributed by atoms with Crippen molar-refractivity contribution < 1.29 is 0 Å². The third kappa shape index (κ3) is 3.18. The van der Waals surface area contributed by atoms with Gasteiger partial charge in [-0.25, -0.2) is 0 Å². The molecule has 1 atom stereocenters. The van der Waals surface area contributed by atoms with E-state index in [-0.39, 0.29) is 0 Å². The topological polar surface area (TPSA) is 15.3 Å². The minimum atomic E-state index is 0.602. The van der Waals surface area contributed by atoms with Gasteiger partial charge in [0.25, 0.3) is 0 Å². The SMILES string of the molecule is CN1CCC(NC2CCC(C)(C)CC2)C1. The highest BCUT2D eigenvalue weighted by atomic mass is 15.2. The van der Waals surface area contributed by atoms with Crippen LogP contribution in [0.4, 0.5) is 0 Å². The van der Waals surface area contributed by atoms with E-state index >= 15 is 0 Å². The molecule has 0 spiro atoms. The van der Waals surface area contributed by atoms with Crippen LogP contribution in [0.3, 0.4) is 0 Å². The maximum Gasteiger partial charge on any atom is 0.0209 e. The Morgan fingerprint density at radius 2 is 1.73 bits per heavy atom. The molecule has 0 bridgehead atoms. The minimum absolute atomic E-state index is 0.602. The summed E-state index contributed by atoms with van der Waals surface area (Å²) >= 11 is 0. The molecule has 1 aliphatic carbocycles. The van der Waals surface area contributed by atoms with Gasteiger partial charge >= 0.3 is 0 Å². The second kappa shape index (κ2) is 4.42. The summed E-state index contributed by atoms with van der Waals surface area (Å²) in [6.45, 7) is 7.34. The van der Waals surface area contributed by atoms with Crippen LogP contribution in [0.1, 0.15) is 46.0 Å². The molecule has 0 aromatic heterocycles. The second-order valence-corrected chi connectivity index (χ2v) is 6.35. The number of likely N-dealkylation sites (tertiary alicyclic amines) is 1. The van der Waals surface area contributed by atoms with Crippen LogP contribution in [-0.2, 0) is 0 Å². The van der Waals surface area contributed by atoms with Crippen LogP contribution in [-0.4, -0.2) is 37.1 Å². The van der Waals surface area contributed by atoms with Crippen LogP contribution in [0, 0.1) is 5.41 Å². The lowest BCUT2D eigenvalue weighted by Gasteiger charge is -2.36. The van der Waals surface area contributed by atoms with E-state index in [1.807, 2.05) is 0 Å². The number of nitrogens with zero attached hydrogens (tertiary/aromatic N) is 1. The van der Waals surface area contributed by atoms with E-state index in [2.05, 4.69) is 31.1 Å². The molecule has 88 valence electrons. The molecule has 1 saturated carbocycles. The maximum atomic E-state index is 3.84. The van der Waals surface area contributed by atoms with E-state index in [1.165, 1.54) is 45.2 Å². The van der Waals surface area contributed by atoms with Crippen LogP contribution < -0.4 is 5.32 Å². The van der Waals surface area contributed by atoms with Crippen LogP contribution in [0.5, 0.6) is 0 Å². The van der Waals surface area contributed by atoms with Crippen LogP contribution in [0.2, 0.25) is 0 Å². The fourth-order valence-electron chi connectivity index (χ4n) is 2.97. The van der Waals surface area contributed by atoms with Crippen molar-refractivity contribution in [2.45, 2.75) is 58.0 Å². The Balaban J connectivity index is 1.73. The summed E-state index contributed by atoms with van der Waals surface area (Å²) in [4.78, 5) is 2.43. The molecule has 2 rings (SSSR count). The molecule has 2 heteroatoms. The third-order valence-corrected chi connectivity index (χ3v) is 4.20. The van der Waals surface area contributed by atoms with Crippen molar-refractivity contribution in [1.82, 2.24) is 10.2 Å². The van der Waals surface area contributed by atoms with Crippen LogP contribution >= 0.6 is 0 Å². The predicted molar refractivity (Wildman–Crippen MR) is 65.1 cm³/mol. The van der Waals surface area contributed by atoms with Gasteiger partial charge in [0.15, 0.2) is 0 Å². The zero-order chi connectivity index (χ0) is 10.9. The molecule has 0 amide bonds. The van der Waals surface area contributed by atoms with Crippen LogP contribution in [0.15, 0.2) is 0 Å². The molecule has 0 aromatic carbocycles. The Kier molecular flexibility index (Phi) is 3.36. The molecule has 1 heterocycles. The van der Waals surface area contributed by atoms with Crippen LogP contribution in [0.25, 0.3) is 0 Å². The first-order chi connectivity index (χ1) is 7.05. The minimum Gasteiger partial charge on any atom is -0.310 e. The molecule has 15 heavy (non-hydrogen) atoms. The lowest BCUT2D eigenvalue weighted by Crippen LogP contribution is -2.42. The fourth-order valence-corrected chi connectivity index (χ4v) is 2.97. The van der Waals surface area contributed by atoms with Crippen molar-refractivity contribution in [3.8, 4) is 0 Å². The van der Waals surface area contributed by atoms with Crippen molar-refractivity contribution in [1.29, 1.82) is 0 Å². The van der Waals surface area contributed by atoms with E-state index in [0.29, 0.717) is 5.41 Å². The van der Waals surface area contributed by atoms with Crippen molar-refractivity contribution in [3.05, 3.63) is 0 Å². The zero-order valence-corrected chi connectivity index (χ0v) is 10.6. The van der Waals surface area contributed by atoms with E-state index in [4.69, 9.17) is 0 Å². The van der Waals surface area contributed by atoms with Gasteiger partial charge in [-0.2, -0.15) is 0 Å². The summed E-state index contributed by atoms with van der Waals surface area (Å²) in [5.41, 5.74) is 0.602. The van der Waals surface area contributed by atoms with Gasteiger partial charge in [-0.3, -0.25) is 0 Å². The highest BCUT2D eigenvalue weighted by molar-refractivity contribution is 4.87. The van der Waals surface area contributed by atoms with Gasteiger partial charge in [0.05, 0.1) is 0 Å². The van der Waals surface area contributed by atoms with Crippen molar-refractivity contribution >= 4 is 0 Å². The van der Waals surface area contributed by atoms with Crippen molar-refractivity contribution in [2.24, 2.45) is 5.41 Å². The summed E-state index contributed by atoms with van der Waals surface area (Å²) < 4.78 is 0. The fraction of sp³-hybridized carbons (Fsp3) is 1.00. The summed E-state index contributed by atoms with van der Waals surface area (Å²) in [7, 11) is 2.23. The molecule has 0 radical (unpaired) electrons. The van der Waals surface area contributed by atoms with Gasteiger partial charge < -0.3 is 10.2 Å².